The summed E-state index contributed by atoms with van der Waals surface area (Å²) in [6.07, 6.45) is 7.02. The maximum atomic E-state index is 14.2. The Morgan fingerprint density at radius 2 is 2.15 bits per heavy atom. The lowest BCUT2D eigenvalue weighted by molar-refractivity contribution is 0.578. The molecule has 1 unspecified atom stereocenters. The van der Waals surface area contributed by atoms with Crippen LogP contribution in [0.3, 0.4) is 0 Å². The van der Waals surface area contributed by atoms with Crippen LogP contribution >= 0.6 is 24.4 Å². The van der Waals surface area contributed by atoms with Crippen LogP contribution in [0.2, 0.25) is 5.02 Å². The normalized spacial score (nSPS) is 12.5. The third kappa shape index (κ3) is 3.92. The Kier molecular flexibility index (Phi) is 5.95. The average Bonchev–Trinajstić information content (AvgIpc) is 2.93. The quantitative estimate of drug-likeness (QED) is 0.529. The molecule has 3 N–H and O–H groups in total. The molecule has 0 saturated carbocycles. The number of hydrogen-bond donors (Lipinski definition) is 3. The number of thiol groups is 1. The topological polar surface area (TPSA) is 81.6 Å². The standard InChI is InChI=1S/C17H20ClFN6S/c1-2-3-11(4-5-20)23-16-14(19)8-21-15(24-16)13-9-25(26)17-12(13)6-10(18)7-22-17/h6-9,11,26H,2-5,20H2,1H3,(H,21,23,24). The molecular formula is C17H20ClFN6S. The van der Waals surface area contributed by atoms with E-state index in [1.807, 2.05) is 0 Å². The van der Waals surface area contributed by atoms with E-state index in [-0.39, 0.29) is 11.9 Å². The van der Waals surface area contributed by atoms with Gasteiger partial charge in [-0.25, -0.2) is 19.3 Å². The summed E-state index contributed by atoms with van der Waals surface area (Å²) in [4.78, 5) is 12.8. The molecule has 3 aromatic rings. The van der Waals surface area contributed by atoms with Gasteiger partial charge in [-0.2, -0.15) is 0 Å². The molecule has 26 heavy (non-hydrogen) atoms. The minimum absolute atomic E-state index is 0.0598. The maximum absolute atomic E-state index is 14.2. The van der Waals surface area contributed by atoms with Gasteiger partial charge in [0.05, 0.1) is 11.2 Å². The number of halogens is 2. The molecule has 9 heteroatoms. The van der Waals surface area contributed by atoms with Gasteiger partial charge in [-0.15, -0.1) is 0 Å². The molecule has 0 amide bonds. The highest BCUT2D eigenvalue weighted by Crippen LogP contribution is 2.30. The monoisotopic (exact) mass is 394 g/mol. The summed E-state index contributed by atoms with van der Waals surface area (Å²) in [5.74, 6) is 0.0355. The first-order valence-corrected chi connectivity index (χ1v) is 9.16. The smallest absolute Gasteiger partial charge is 0.183 e. The van der Waals surface area contributed by atoms with Crippen molar-refractivity contribution in [3.05, 3.63) is 35.5 Å². The molecule has 0 radical (unpaired) electrons. The molecule has 0 spiro atoms. The Hall–Kier alpha value is -1.90. The number of nitrogens with two attached hydrogens (primary N) is 1. The number of fused-ring (bicyclic) bond motifs is 1. The predicted octanol–water partition coefficient (Wildman–Crippen LogP) is 3.91. The van der Waals surface area contributed by atoms with Crippen LogP contribution in [0.15, 0.2) is 24.7 Å². The SMILES string of the molecule is CCCC(CCN)Nc1nc(-c2cn(S)c3ncc(Cl)cc23)ncc1F. The van der Waals surface area contributed by atoms with Crippen LogP contribution in [0.1, 0.15) is 26.2 Å². The fraction of sp³-hybridized carbons (Fsp3) is 0.353. The van der Waals surface area contributed by atoms with E-state index in [4.69, 9.17) is 17.3 Å². The lowest BCUT2D eigenvalue weighted by Gasteiger charge is -2.18. The van der Waals surface area contributed by atoms with Crippen molar-refractivity contribution in [3.63, 3.8) is 0 Å². The molecule has 0 aliphatic carbocycles. The first-order chi connectivity index (χ1) is 12.5. The van der Waals surface area contributed by atoms with Gasteiger partial charge in [0.15, 0.2) is 23.1 Å². The van der Waals surface area contributed by atoms with Gasteiger partial charge in [0.25, 0.3) is 0 Å². The Morgan fingerprint density at radius 1 is 1.35 bits per heavy atom. The zero-order chi connectivity index (χ0) is 18.7. The van der Waals surface area contributed by atoms with Gasteiger partial charge in [0, 0.05) is 29.4 Å². The summed E-state index contributed by atoms with van der Waals surface area (Å²) >= 11 is 10.4. The van der Waals surface area contributed by atoms with Gasteiger partial charge in [0.1, 0.15) is 0 Å². The van der Waals surface area contributed by atoms with Gasteiger partial charge in [0.2, 0.25) is 0 Å². The second-order valence-corrected chi connectivity index (χ2v) is 6.88. The highest BCUT2D eigenvalue weighted by atomic mass is 35.5. The van der Waals surface area contributed by atoms with E-state index in [9.17, 15) is 4.39 Å². The fourth-order valence-electron chi connectivity index (χ4n) is 2.87. The number of nitrogens with one attached hydrogen (secondary N) is 1. The Labute approximate surface area is 161 Å². The highest BCUT2D eigenvalue weighted by molar-refractivity contribution is 7.78. The van der Waals surface area contributed by atoms with Crippen molar-refractivity contribution in [2.75, 3.05) is 11.9 Å². The van der Waals surface area contributed by atoms with Crippen LogP contribution in [0.25, 0.3) is 22.4 Å². The van der Waals surface area contributed by atoms with Gasteiger partial charge in [-0.1, -0.05) is 37.8 Å². The lowest BCUT2D eigenvalue weighted by Crippen LogP contribution is -2.24. The molecule has 3 rings (SSSR count). The molecule has 0 aromatic carbocycles. The van der Waals surface area contributed by atoms with Crippen LogP contribution in [0.4, 0.5) is 10.2 Å². The van der Waals surface area contributed by atoms with E-state index in [2.05, 4.69) is 40.0 Å². The molecule has 6 nitrogen and oxygen atoms in total. The van der Waals surface area contributed by atoms with Gasteiger partial charge < -0.3 is 11.1 Å². The molecule has 3 aromatic heterocycles. The van der Waals surface area contributed by atoms with Crippen molar-refractivity contribution in [2.24, 2.45) is 5.73 Å². The van der Waals surface area contributed by atoms with E-state index in [1.54, 1.807) is 22.4 Å². The Bertz CT molecular complexity index is 910. The fourth-order valence-corrected chi connectivity index (χ4v) is 3.31. The van der Waals surface area contributed by atoms with E-state index < -0.39 is 5.82 Å². The zero-order valence-electron chi connectivity index (χ0n) is 14.3. The minimum atomic E-state index is -0.502. The third-order valence-corrected chi connectivity index (χ3v) is 4.58. The zero-order valence-corrected chi connectivity index (χ0v) is 15.9. The average molecular weight is 395 g/mol. The maximum Gasteiger partial charge on any atom is 0.183 e. The highest BCUT2D eigenvalue weighted by Gasteiger charge is 2.17. The summed E-state index contributed by atoms with van der Waals surface area (Å²) in [5, 5.41) is 4.39. The molecule has 138 valence electrons. The second-order valence-electron chi connectivity index (χ2n) is 6.01. The van der Waals surface area contributed by atoms with Crippen LogP contribution in [-0.2, 0) is 0 Å². The molecule has 3 heterocycles. The minimum Gasteiger partial charge on any atom is -0.365 e. The van der Waals surface area contributed by atoms with Gasteiger partial charge in [-0.05, 0) is 25.5 Å². The van der Waals surface area contributed by atoms with Crippen molar-refractivity contribution >= 4 is 41.3 Å². The molecule has 0 saturated heterocycles. The number of pyridine rings is 1. The Morgan fingerprint density at radius 3 is 2.88 bits per heavy atom. The predicted molar refractivity (Wildman–Crippen MR) is 106 cm³/mol. The van der Waals surface area contributed by atoms with Crippen molar-refractivity contribution in [2.45, 2.75) is 32.2 Å². The molecule has 1 atom stereocenters. The van der Waals surface area contributed by atoms with E-state index in [0.29, 0.717) is 28.6 Å². The number of aromatic nitrogens is 4. The van der Waals surface area contributed by atoms with E-state index in [0.717, 1.165) is 30.8 Å². The number of nitrogens with zero attached hydrogens (tertiary/aromatic N) is 4. The lowest BCUT2D eigenvalue weighted by atomic mass is 10.1. The largest absolute Gasteiger partial charge is 0.365 e. The van der Waals surface area contributed by atoms with Gasteiger partial charge in [-0.3, -0.25) is 3.97 Å². The van der Waals surface area contributed by atoms with Crippen LogP contribution < -0.4 is 11.1 Å². The second kappa shape index (κ2) is 8.20. The summed E-state index contributed by atoms with van der Waals surface area (Å²) in [5.41, 5.74) is 6.96. The van der Waals surface area contributed by atoms with E-state index >= 15 is 0 Å². The first-order valence-electron chi connectivity index (χ1n) is 8.38. The van der Waals surface area contributed by atoms with Crippen LogP contribution in [0.5, 0.6) is 0 Å². The molecule has 0 aliphatic heterocycles. The molecule has 0 bridgehead atoms. The van der Waals surface area contributed by atoms with Crippen molar-refractivity contribution in [3.8, 4) is 11.4 Å². The molecular weight excluding hydrogens is 375 g/mol. The van der Waals surface area contributed by atoms with Crippen molar-refractivity contribution < 1.29 is 4.39 Å². The number of anilines is 1. The van der Waals surface area contributed by atoms with Crippen LogP contribution in [-0.4, -0.2) is 31.5 Å². The Balaban J connectivity index is 2.01. The number of hydrogen-bond acceptors (Lipinski definition) is 6. The first kappa shape index (κ1) is 18.9. The van der Waals surface area contributed by atoms with Gasteiger partial charge >= 0.3 is 0 Å². The summed E-state index contributed by atoms with van der Waals surface area (Å²) < 4.78 is 15.8. The summed E-state index contributed by atoms with van der Waals surface area (Å²) in [7, 11) is 0. The third-order valence-electron chi connectivity index (χ3n) is 4.07. The number of rotatable bonds is 7. The van der Waals surface area contributed by atoms with Crippen LogP contribution in [0, 0.1) is 5.82 Å². The molecule has 0 fully saturated rings. The summed E-state index contributed by atoms with van der Waals surface area (Å²) in [6.45, 7) is 2.60. The summed E-state index contributed by atoms with van der Waals surface area (Å²) in [6, 6.07) is 1.82. The molecule has 0 aliphatic rings. The van der Waals surface area contributed by atoms with Crippen molar-refractivity contribution in [1.82, 2.24) is 18.9 Å². The van der Waals surface area contributed by atoms with E-state index in [1.165, 1.54) is 0 Å². The van der Waals surface area contributed by atoms with Crippen molar-refractivity contribution in [1.29, 1.82) is 0 Å².